The van der Waals surface area contributed by atoms with Gasteiger partial charge < -0.3 is 15.5 Å². The summed E-state index contributed by atoms with van der Waals surface area (Å²) in [6, 6.07) is 0. The van der Waals surface area contributed by atoms with Crippen molar-refractivity contribution in [2.75, 3.05) is 5.73 Å². The number of nitrogens with one attached hydrogen (secondary N) is 1. The van der Waals surface area contributed by atoms with Crippen molar-refractivity contribution < 1.29 is 9.53 Å². The summed E-state index contributed by atoms with van der Waals surface area (Å²) >= 11 is 1.57. The van der Waals surface area contributed by atoms with Crippen molar-refractivity contribution in [3.8, 4) is 0 Å². The molecule has 0 bridgehead atoms. The molecule has 0 aliphatic heterocycles. The molecule has 0 aliphatic rings. The third kappa shape index (κ3) is 2.61. The van der Waals surface area contributed by atoms with Crippen molar-refractivity contribution >= 4 is 33.2 Å². The molecule has 104 valence electrons. The number of ether oxygens (including phenoxy) is 1. The van der Waals surface area contributed by atoms with Gasteiger partial charge in [-0.1, -0.05) is 13.8 Å². The monoisotopic (exact) mass is 280 g/mol. The molecule has 0 fully saturated rings. The molecule has 0 saturated heterocycles. The Kier molecular flexibility index (Phi) is 3.34. The molecule has 2 aromatic rings. The molecule has 4 nitrogen and oxygen atoms in total. The number of carbonyl (C=O) groups is 1. The zero-order chi connectivity index (χ0) is 14.4. The van der Waals surface area contributed by atoms with E-state index in [-0.39, 0.29) is 0 Å². The Hall–Kier alpha value is -1.49. The predicted molar refractivity (Wildman–Crippen MR) is 79.8 cm³/mol. The van der Waals surface area contributed by atoms with E-state index in [0.29, 0.717) is 17.3 Å². The molecule has 0 spiro atoms. The second-order valence-electron chi connectivity index (χ2n) is 5.97. The van der Waals surface area contributed by atoms with Crippen molar-refractivity contribution in [2.24, 2.45) is 0 Å². The Morgan fingerprint density at radius 1 is 1.42 bits per heavy atom. The Balaban J connectivity index is 2.46. The van der Waals surface area contributed by atoms with Crippen LogP contribution in [-0.4, -0.2) is 16.6 Å². The van der Waals surface area contributed by atoms with Crippen molar-refractivity contribution in [1.82, 2.24) is 4.98 Å². The third-order valence-corrected chi connectivity index (χ3v) is 3.74. The van der Waals surface area contributed by atoms with Crippen LogP contribution in [0.4, 0.5) is 5.69 Å². The summed E-state index contributed by atoms with van der Waals surface area (Å²) in [5.74, 6) is -0.0264. The number of fused-ring (bicyclic) bond motifs is 1. The van der Waals surface area contributed by atoms with E-state index in [2.05, 4.69) is 24.2 Å². The lowest BCUT2D eigenvalue weighted by atomic mass is 10.0. The lowest BCUT2D eigenvalue weighted by Crippen LogP contribution is -2.24. The number of nitrogens with two attached hydrogens (primary N) is 1. The molecule has 2 aromatic heterocycles. The fourth-order valence-electron chi connectivity index (χ4n) is 1.96. The van der Waals surface area contributed by atoms with Gasteiger partial charge in [0, 0.05) is 5.39 Å². The van der Waals surface area contributed by atoms with Crippen molar-refractivity contribution in [2.45, 2.75) is 46.1 Å². The van der Waals surface area contributed by atoms with Crippen LogP contribution < -0.4 is 5.73 Å². The minimum atomic E-state index is -0.525. The smallest absolute Gasteiger partial charge is 0.357 e. The van der Waals surface area contributed by atoms with Gasteiger partial charge >= 0.3 is 5.97 Å². The molecule has 19 heavy (non-hydrogen) atoms. The number of aromatic nitrogens is 1. The van der Waals surface area contributed by atoms with Crippen molar-refractivity contribution in [3.63, 3.8) is 0 Å². The summed E-state index contributed by atoms with van der Waals surface area (Å²) in [4.78, 5) is 16.1. The molecule has 2 heterocycles. The molecule has 0 saturated carbocycles. The zero-order valence-corrected chi connectivity index (χ0v) is 12.8. The largest absolute Gasteiger partial charge is 0.455 e. The van der Waals surface area contributed by atoms with E-state index in [1.807, 2.05) is 20.8 Å². The Morgan fingerprint density at radius 3 is 2.58 bits per heavy atom. The van der Waals surface area contributed by atoms with Gasteiger partial charge in [-0.15, -0.1) is 11.3 Å². The molecule has 3 N–H and O–H groups in total. The van der Waals surface area contributed by atoms with Gasteiger partial charge in [-0.2, -0.15) is 0 Å². The average molecular weight is 280 g/mol. The first-order valence-corrected chi connectivity index (χ1v) is 7.20. The van der Waals surface area contributed by atoms with Crippen LogP contribution in [0.2, 0.25) is 0 Å². The minimum Gasteiger partial charge on any atom is -0.455 e. The molecular weight excluding hydrogens is 260 g/mol. The lowest BCUT2D eigenvalue weighted by molar-refractivity contribution is 0.00652. The highest BCUT2D eigenvalue weighted by Crippen LogP contribution is 2.37. The van der Waals surface area contributed by atoms with E-state index in [4.69, 9.17) is 10.5 Å². The number of thiophene rings is 1. The summed E-state index contributed by atoms with van der Waals surface area (Å²) in [5.41, 5.74) is 7.62. The molecule has 0 radical (unpaired) electrons. The topological polar surface area (TPSA) is 68.1 Å². The molecule has 0 aromatic carbocycles. The van der Waals surface area contributed by atoms with Gasteiger partial charge in [-0.3, -0.25) is 0 Å². The van der Waals surface area contributed by atoms with Gasteiger partial charge in [0.2, 0.25) is 0 Å². The highest BCUT2D eigenvalue weighted by Gasteiger charge is 2.24. The van der Waals surface area contributed by atoms with Crippen molar-refractivity contribution in [1.29, 1.82) is 0 Å². The average Bonchev–Trinajstić information content (AvgIpc) is 2.76. The standard InChI is InChI=1S/C14H20N2O2S/c1-7(2)8-6-19-12-9(8)10(15)11(16-12)13(17)18-14(3,4)5/h6-7,16H,15H2,1-5H3. The zero-order valence-electron chi connectivity index (χ0n) is 12.0. The van der Waals surface area contributed by atoms with Gasteiger partial charge in [-0.25, -0.2) is 4.79 Å². The van der Waals surface area contributed by atoms with Crippen LogP contribution in [0.15, 0.2) is 5.38 Å². The number of hydrogen-bond acceptors (Lipinski definition) is 4. The maximum atomic E-state index is 12.1. The maximum absolute atomic E-state index is 12.1. The summed E-state index contributed by atoms with van der Waals surface area (Å²) in [5, 5.41) is 3.04. The molecule has 0 amide bonds. The first kappa shape index (κ1) is 13.9. The van der Waals surface area contributed by atoms with Crippen LogP contribution in [0.25, 0.3) is 10.2 Å². The van der Waals surface area contributed by atoms with Crippen molar-refractivity contribution in [3.05, 3.63) is 16.6 Å². The minimum absolute atomic E-state index is 0.360. The highest BCUT2D eigenvalue weighted by molar-refractivity contribution is 7.17. The van der Waals surface area contributed by atoms with E-state index in [1.165, 1.54) is 5.56 Å². The molecule has 2 rings (SSSR count). The van der Waals surface area contributed by atoms with Gasteiger partial charge in [0.25, 0.3) is 0 Å². The number of H-pyrrole nitrogens is 1. The summed E-state index contributed by atoms with van der Waals surface area (Å²) in [6.07, 6.45) is 0. The molecule has 0 aliphatic carbocycles. The van der Waals surface area contributed by atoms with Gasteiger partial charge in [-0.05, 0) is 37.6 Å². The molecular formula is C14H20N2O2S. The number of hydrogen-bond donors (Lipinski definition) is 2. The first-order valence-electron chi connectivity index (χ1n) is 6.32. The highest BCUT2D eigenvalue weighted by atomic mass is 32.1. The van der Waals surface area contributed by atoms with E-state index in [1.54, 1.807) is 11.3 Å². The van der Waals surface area contributed by atoms with E-state index >= 15 is 0 Å². The Bertz CT molecular complexity index is 617. The molecule has 0 atom stereocenters. The van der Waals surface area contributed by atoms with Crippen LogP contribution in [0.3, 0.4) is 0 Å². The van der Waals surface area contributed by atoms with Crippen LogP contribution >= 0.6 is 11.3 Å². The number of nitrogen functional groups attached to an aromatic ring is 1. The van der Waals surface area contributed by atoms with Crippen LogP contribution in [0.5, 0.6) is 0 Å². The maximum Gasteiger partial charge on any atom is 0.357 e. The third-order valence-electron chi connectivity index (χ3n) is 2.82. The number of anilines is 1. The molecule has 5 heteroatoms. The van der Waals surface area contributed by atoms with Crippen LogP contribution in [0.1, 0.15) is 56.6 Å². The number of carbonyl (C=O) groups excluding carboxylic acids is 1. The van der Waals surface area contributed by atoms with Crippen LogP contribution in [-0.2, 0) is 4.74 Å². The normalized spacial score (nSPS) is 12.3. The predicted octanol–water partition coefficient (Wildman–Crippen LogP) is 3.89. The molecule has 0 unspecified atom stereocenters. The second kappa shape index (κ2) is 4.56. The van der Waals surface area contributed by atoms with E-state index in [9.17, 15) is 4.79 Å². The summed E-state index contributed by atoms with van der Waals surface area (Å²) < 4.78 is 5.36. The Labute approximate surface area is 116 Å². The van der Waals surface area contributed by atoms with Gasteiger partial charge in [0.05, 0.1) is 5.69 Å². The first-order chi connectivity index (χ1) is 8.70. The van der Waals surface area contributed by atoms with Gasteiger partial charge in [0.1, 0.15) is 16.1 Å². The quantitative estimate of drug-likeness (QED) is 0.820. The number of rotatable bonds is 2. The fourth-order valence-corrected chi connectivity index (χ4v) is 3.10. The summed E-state index contributed by atoms with van der Waals surface area (Å²) in [7, 11) is 0. The van der Waals surface area contributed by atoms with E-state index < -0.39 is 11.6 Å². The SMILES string of the molecule is CC(C)c1csc2[nH]c(C(=O)OC(C)(C)C)c(N)c12. The number of aromatic amines is 1. The van der Waals surface area contributed by atoms with Crippen LogP contribution in [0, 0.1) is 0 Å². The summed E-state index contributed by atoms with van der Waals surface area (Å²) in [6.45, 7) is 9.74. The Morgan fingerprint density at radius 2 is 2.05 bits per heavy atom. The fraction of sp³-hybridized carbons (Fsp3) is 0.500. The van der Waals surface area contributed by atoms with Gasteiger partial charge in [0.15, 0.2) is 0 Å². The lowest BCUT2D eigenvalue weighted by Gasteiger charge is -2.19. The number of esters is 1. The van der Waals surface area contributed by atoms with E-state index in [0.717, 1.165) is 10.2 Å². The second-order valence-corrected chi connectivity index (χ2v) is 6.85.